The fourth-order valence-electron chi connectivity index (χ4n) is 7.46. The number of likely N-dealkylation sites (N-methyl/N-ethyl adjacent to an activating group) is 1. The quantitative estimate of drug-likeness (QED) is 0.0211. The van der Waals surface area contributed by atoms with E-state index in [1.807, 2.05) is 21.1 Å². The van der Waals surface area contributed by atoms with Gasteiger partial charge in [0, 0.05) is 12.8 Å². The molecule has 2 atom stereocenters. The van der Waals surface area contributed by atoms with Gasteiger partial charge in [-0.25, -0.2) is 4.79 Å². The predicted octanol–water partition coefficient (Wildman–Crippen LogP) is 16.6. The number of carbonyl (C=O) groups excluding carboxylic acids is 2. The molecule has 0 saturated heterocycles. The number of rotatable bonds is 51. The Kier molecular flexibility index (Phi) is 49.7. The van der Waals surface area contributed by atoms with Crippen molar-refractivity contribution in [2.45, 2.75) is 232 Å². The van der Waals surface area contributed by atoms with E-state index in [0.29, 0.717) is 17.4 Å². The second kappa shape index (κ2) is 52.5. The first-order valence-electron chi connectivity index (χ1n) is 28.4. The van der Waals surface area contributed by atoms with Gasteiger partial charge in [0.15, 0.2) is 6.10 Å². The molecule has 0 aliphatic carbocycles. The normalized spacial score (nSPS) is 13.5. The number of unbranched alkanes of at least 4 members (excludes halogenated alkanes) is 20. The lowest BCUT2D eigenvalue weighted by Crippen LogP contribution is -2.40. The van der Waals surface area contributed by atoms with Crippen LogP contribution < -0.4 is 0 Å². The Morgan fingerprint density at radius 3 is 1.21 bits per heavy atom. The van der Waals surface area contributed by atoms with E-state index in [9.17, 15) is 19.5 Å². The van der Waals surface area contributed by atoms with Crippen LogP contribution in [0.3, 0.4) is 0 Å². The molecule has 406 valence electrons. The number of quaternary nitrogens is 1. The van der Waals surface area contributed by atoms with Crippen molar-refractivity contribution in [2.24, 2.45) is 0 Å². The molecule has 0 bridgehead atoms. The number of carbonyl (C=O) groups is 3. The van der Waals surface area contributed by atoms with Crippen LogP contribution in [0, 0.1) is 0 Å². The first kappa shape index (κ1) is 67.2. The Morgan fingerprint density at radius 2 is 0.803 bits per heavy atom. The summed E-state index contributed by atoms with van der Waals surface area (Å²) < 4.78 is 22.8. The number of aliphatic carboxylic acids is 1. The van der Waals surface area contributed by atoms with Crippen molar-refractivity contribution in [3.63, 3.8) is 0 Å². The van der Waals surface area contributed by atoms with E-state index in [2.05, 4.69) is 111 Å². The van der Waals surface area contributed by atoms with Crippen molar-refractivity contribution in [3.8, 4) is 0 Å². The number of esters is 2. The minimum atomic E-state index is -1.52. The number of nitrogens with zero attached hydrogens (tertiary/aromatic N) is 1. The third kappa shape index (κ3) is 53.8. The summed E-state index contributed by atoms with van der Waals surface area (Å²) >= 11 is 0. The summed E-state index contributed by atoms with van der Waals surface area (Å²) in [6.07, 6.45) is 67.7. The standard InChI is InChI=1S/C62H105NO8/c1-6-8-10-12-14-16-18-20-21-22-23-24-25-26-27-28-29-30-31-32-33-34-35-36-37-38-39-41-43-45-47-49-51-53-60(65)71-58(57-70-62(61(66)67)68-55-54-63(3,4)5)56-69-59(64)52-50-48-46-44-42-40-19-17-15-13-11-9-7-2/h8,10,14,16-17,19-21,23-24,26-27,29-30,32-33,58,62H,6-7,9,11-13,15,18,22,25,28,31,34-57H2,1-5H3/p+1/b10-8-,16-14-,19-17-,21-20-,24-23-,27-26-,30-29-,33-32-. The van der Waals surface area contributed by atoms with E-state index in [1.165, 1.54) is 77.0 Å². The van der Waals surface area contributed by atoms with Crippen LogP contribution in [0.15, 0.2) is 97.2 Å². The fourth-order valence-corrected chi connectivity index (χ4v) is 7.46. The van der Waals surface area contributed by atoms with Crippen molar-refractivity contribution >= 4 is 17.9 Å². The molecule has 9 heteroatoms. The van der Waals surface area contributed by atoms with Crippen molar-refractivity contribution in [1.82, 2.24) is 0 Å². The molecule has 0 aliphatic heterocycles. The lowest BCUT2D eigenvalue weighted by atomic mass is 10.0. The minimum Gasteiger partial charge on any atom is -0.477 e. The van der Waals surface area contributed by atoms with E-state index in [-0.39, 0.29) is 38.6 Å². The highest BCUT2D eigenvalue weighted by atomic mass is 16.7. The van der Waals surface area contributed by atoms with Crippen molar-refractivity contribution in [2.75, 3.05) is 47.5 Å². The maximum absolute atomic E-state index is 12.9. The van der Waals surface area contributed by atoms with Crippen molar-refractivity contribution in [1.29, 1.82) is 0 Å². The van der Waals surface area contributed by atoms with Gasteiger partial charge in [-0.2, -0.15) is 0 Å². The molecule has 2 unspecified atom stereocenters. The first-order chi connectivity index (χ1) is 34.6. The second-order valence-corrected chi connectivity index (χ2v) is 19.9. The highest BCUT2D eigenvalue weighted by Gasteiger charge is 2.25. The summed E-state index contributed by atoms with van der Waals surface area (Å²) in [5.74, 6) is -2.03. The van der Waals surface area contributed by atoms with Gasteiger partial charge in [0.25, 0.3) is 6.29 Å². The van der Waals surface area contributed by atoms with Crippen LogP contribution in [0.1, 0.15) is 219 Å². The van der Waals surface area contributed by atoms with E-state index < -0.39 is 24.3 Å². The zero-order valence-electron chi connectivity index (χ0n) is 46.1. The van der Waals surface area contributed by atoms with Crippen molar-refractivity contribution in [3.05, 3.63) is 97.2 Å². The monoisotopic (exact) mass is 993 g/mol. The third-order valence-electron chi connectivity index (χ3n) is 11.8. The maximum Gasteiger partial charge on any atom is 0.361 e. The number of allylic oxidation sites excluding steroid dienone is 16. The van der Waals surface area contributed by atoms with E-state index in [1.54, 1.807) is 0 Å². The van der Waals surface area contributed by atoms with Crippen LogP contribution in [-0.2, 0) is 33.3 Å². The highest BCUT2D eigenvalue weighted by molar-refractivity contribution is 5.71. The van der Waals surface area contributed by atoms with Gasteiger partial charge in [-0.05, 0) is 96.3 Å². The van der Waals surface area contributed by atoms with Crippen LogP contribution in [0.25, 0.3) is 0 Å². The average Bonchev–Trinajstić information content (AvgIpc) is 3.34. The van der Waals surface area contributed by atoms with Gasteiger partial charge in [0.2, 0.25) is 0 Å². The van der Waals surface area contributed by atoms with Gasteiger partial charge in [-0.1, -0.05) is 207 Å². The van der Waals surface area contributed by atoms with Crippen LogP contribution in [0.2, 0.25) is 0 Å². The first-order valence-corrected chi connectivity index (χ1v) is 28.4. The van der Waals surface area contributed by atoms with Gasteiger partial charge in [0.1, 0.15) is 13.2 Å². The summed E-state index contributed by atoms with van der Waals surface area (Å²) in [6, 6.07) is 0. The van der Waals surface area contributed by atoms with E-state index in [0.717, 1.165) is 109 Å². The molecule has 0 aromatic rings. The van der Waals surface area contributed by atoms with Gasteiger partial charge in [-0.3, -0.25) is 9.59 Å². The molecule has 0 spiro atoms. The number of carboxylic acid groups (broad SMARTS) is 1. The number of hydrogen-bond acceptors (Lipinski definition) is 7. The topological polar surface area (TPSA) is 108 Å². The second-order valence-electron chi connectivity index (χ2n) is 19.9. The third-order valence-corrected chi connectivity index (χ3v) is 11.8. The zero-order chi connectivity index (χ0) is 52.0. The Labute approximate surface area is 435 Å². The fraction of sp³-hybridized carbons (Fsp3) is 0.694. The molecular weight excluding hydrogens is 887 g/mol. The smallest absolute Gasteiger partial charge is 0.361 e. The summed E-state index contributed by atoms with van der Waals surface area (Å²) in [4.78, 5) is 37.3. The van der Waals surface area contributed by atoms with Gasteiger partial charge in [-0.15, -0.1) is 0 Å². The van der Waals surface area contributed by atoms with Gasteiger partial charge in [0.05, 0.1) is 34.4 Å². The van der Waals surface area contributed by atoms with Gasteiger partial charge < -0.3 is 28.5 Å². The lowest BCUT2D eigenvalue weighted by Gasteiger charge is -2.25. The van der Waals surface area contributed by atoms with E-state index >= 15 is 0 Å². The Morgan fingerprint density at radius 1 is 0.437 bits per heavy atom. The molecule has 0 aromatic heterocycles. The number of carboxylic acids is 1. The zero-order valence-corrected chi connectivity index (χ0v) is 46.1. The molecule has 0 amide bonds. The number of hydrogen-bond donors (Lipinski definition) is 1. The van der Waals surface area contributed by atoms with Crippen LogP contribution >= 0.6 is 0 Å². The van der Waals surface area contributed by atoms with Gasteiger partial charge >= 0.3 is 17.9 Å². The summed E-state index contributed by atoms with van der Waals surface area (Å²) in [7, 11) is 5.96. The summed E-state index contributed by atoms with van der Waals surface area (Å²) in [6.45, 7) is 4.72. The van der Waals surface area contributed by atoms with Crippen LogP contribution in [0.4, 0.5) is 0 Å². The highest BCUT2D eigenvalue weighted by Crippen LogP contribution is 2.15. The van der Waals surface area contributed by atoms with Crippen LogP contribution in [-0.4, -0.2) is 87.4 Å². The molecule has 9 nitrogen and oxygen atoms in total. The molecule has 0 aromatic carbocycles. The van der Waals surface area contributed by atoms with Crippen LogP contribution in [0.5, 0.6) is 0 Å². The molecule has 0 saturated carbocycles. The predicted molar refractivity (Wildman–Crippen MR) is 299 cm³/mol. The van der Waals surface area contributed by atoms with E-state index in [4.69, 9.17) is 18.9 Å². The number of ether oxygens (including phenoxy) is 4. The lowest BCUT2D eigenvalue weighted by molar-refractivity contribution is -0.870. The molecule has 0 radical (unpaired) electrons. The Bertz CT molecular complexity index is 1480. The molecular formula is C62H106NO8+. The molecule has 0 fully saturated rings. The Hall–Kier alpha value is -3.79. The molecule has 0 aliphatic rings. The minimum absolute atomic E-state index is 0.182. The molecule has 0 heterocycles. The van der Waals surface area contributed by atoms with Crippen molar-refractivity contribution < 1.29 is 42.9 Å². The molecule has 71 heavy (non-hydrogen) atoms. The molecule has 0 rings (SSSR count). The average molecular weight is 994 g/mol. The Balaban J connectivity index is 4.19. The largest absolute Gasteiger partial charge is 0.477 e. The SMILES string of the molecule is CC/C=C\C/C=C\C/C=C\C/C=C\C/C=C\C/C=C\C/C=C\CCCCCCCCCCCCCC(=O)OC(COC(=O)CCCCCCC/C=C\CCCCCC)COC(OCC[N+](C)(C)C)C(=O)O. The molecule has 1 N–H and O–H groups in total. The summed E-state index contributed by atoms with van der Waals surface area (Å²) in [5, 5.41) is 9.68. The summed E-state index contributed by atoms with van der Waals surface area (Å²) in [5.41, 5.74) is 0. The maximum atomic E-state index is 12.9.